The van der Waals surface area contributed by atoms with Crippen LogP contribution in [0.4, 0.5) is 0 Å². The number of ether oxygens (including phenoxy) is 1. The summed E-state index contributed by atoms with van der Waals surface area (Å²) < 4.78 is 5.89. The summed E-state index contributed by atoms with van der Waals surface area (Å²) in [6.07, 6.45) is 12.1. The van der Waals surface area contributed by atoms with Gasteiger partial charge < -0.3 is 4.74 Å². The highest BCUT2D eigenvalue weighted by Crippen LogP contribution is 2.41. The lowest BCUT2D eigenvalue weighted by Gasteiger charge is -2.26. The second-order valence-corrected chi connectivity index (χ2v) is 8.33. The highest BCUT2D eigenvalue weighted by molar-refractivity contribution is 5.98. The van der Waals surface area contributed by atoms with Gasteiger partial charge in [0.1, 0.15) is 6.10 Å². The van der Waals surface area contributed by atoms with Crippen LogP contribution < -0.4 is 0 Å². The van der Waals surface area contributed by atoms with Crippen molar-refractivity contribution in [3.63, 3.8) is 0 Å². The van der Waals surface area contributed by atoms with E-state index in [9.17, 15) is 4.79 Å². The molecule has 0 saturated carbocycles. The van der Waals surface area contributed by atoms with Gasteiger partial charge in [0.05, 0.1) is 5.92 Å². The van der Waals surface area contributed by atoms with Crippen LogP contribution in [0.1, 0.15) is 89.4 Å². The second-order valence-electron chi connectivity index (χ2n) is 8.33. The first-order valence-electron chi connectivity index (χ1n) is 11.0. The molecule has 150 valence electrons. The molecule has 0 spiro atoms. The van der Waals surface area contributed by atoms with Gasteiger partial charge in [0.25, 0.3) is 0 Å². The van der Waals surface area contributed by atoms with Crippen LogP contribution in [0.15, 0.2) is 42.5 Å². The number of allylic oxidation sites excluding steroid dienone is 1. The van der Waals surface area contributed by atoms with Crippen LogP contribution in [0.25, 0.3) is 16.3 Å². The van der Waals surface area contributed by atoms with Crippen LogP contribution in [0.5, 0.6) is 0 Å². The van der Waals surface area contributed by atoms with Gasteiger partial charge in [-0.05, 0) is 40.8 Å². The van der Waals surface area contributed by atoms with E-state index in [1.54, 1.807) is 0 Å². The molecule has 1 unspecified atom stereocenters. The van der Waals surface area contributed by atoms with E-state index in [4.69, 9.17) is 4.74 Å². The Bertz CT molecular complexity index is 826. The molecule has 28 heavy (non-hydrogen) atoms. The van der Waals surface area contributed by atoms with Gasteiger partial charge in [-0.15, -0.1) is 0 Å². The fraction of sp³-hybridized carbons (Fsp3) is 0.500. The van der Waals surface area contributed by atoms with Crippen molar-refractivity contribution >= 4 is 22.3 Å². The second kappa shape index (κ2) is 9.91. The topological polar surface area (TPSA) is 26.3 Å². The molecular formula is C26H34O2. The van der Waals surface area contributed by atoms with Crippen molar-refractivity contribution in [2.75, 3.05) is 0 Å². The van der Waals surface area contributed by atoms with Crippen molar-refractivity contribution in [1.29, 1.82) is 0 Å². The third kappa shape index (κ3) is 4.84. The Kier molecular flexibility index (Phi) is 7.30. The van der Waals surface area contributed by atoms with E-state index in [-0.39, 0.29) is 18.0 Å². The molecule has 1 atom stereocenters. The average molecular weight is 379 g/mol. The van der Waals surface area contributed by atoms with Crippen molar-refractivity contribution in [3.8, 4) is 0 Å². The maximum Gasteiger partial charge on any atom is 0.309 e. The highest BCUT2D eigenvalue weighted by atomic mass is 16.5. The maximum atomic E-state index is 12.3. The average Bonchev–Trinajstić information content (AvgIpc) is 2.70. The minimum atomic E-state index is -0.270. The number of carbonyl (C=O) groups excluding carboxylic acids is 1. The van der Waals surface area contributed by atoms with E-state index in [1.165, 1.54) is 66.9 Å². The maximum absolute atomic E-state index is 12.3. The fourth-order valence-corrected chi connectivity index (χ4v) is 4.09. The zero-order valence-electron chi connectivity index (χ0n) is 17.7. The molecule has 2 aromatic carbocycles. The van der Waals surface area contributed by atoms with Gasteiger partial charge in [0, 0.05) is 5.56 Å². The molecule has 0 bridgehead atoms. The van der Waals surface area contributed by atoms with Crippen LogP contribution >= 0.6 is 0 Å². The van der Waals surface area contributed by atoms with Gasteiger partial charge in [0.2, 0.25) is 0 Å². The Hall–Kier alpha value is -2.09. The van der Waals surface area contributed by atoms with Gasteiger partial charge in [-0.2, -0.15) is 0 Å². The van der Waals surface area contributed by atoms with E-state index in [1.807, 2.05) is 13.8 Å². The number of hydrogen-bond donors (Lipinski definition) is 0. The molecule has 2 aromatic rings. The summed E-state index contributed by atoms with van der Waals surface area (Å²) in [4.78, 5) is 12.3. The summed E-state index contributed by atoms with van der Waals surface area (Å²) in [5, 5.41) is 2.48. The lowest BCUT2D eigenvalue weighted by atomic mass is 9.84. The number of carbonyl (C=O) groups is 1. The number of hydrogen-bond acceptors (Lipinski definition) is 2. The summed E-state index contributed by atoms with van der Waals surface area (Å²) in [5.41, 5.74) is 3.76. The van der Waals surface area contributed by atoms with Crippen LogP contribution in [-0.4, -0.2) is 5.97 Å². The molecule has 1 aliphatic carbocycles. The Labute approximate surface area is 170 Å². The molecule has 2 heteroatoms. The molecular weight excluding hydrogens is 344 g/mol. The lowest BCUT2D eigenvalue weighted by Crippen LogP contribution is -2.17. The standard InChI is InChI=1S/C26H34O2/c1-4-5-6-7-8-9-10-13-21-18-24(28-26(27)19(2)3)23-17-12-15-20-14-11-16-22(21)25(20)23/h11-12,14-19,24H,4-10,13H2,1-3H3. The molecule has 0 fully saturated rings. The van der Waals surface area contributed by atoms with Gasteiger partial charge in [-0.3, -0.25) is 4.79 Å². The lowest BCUT2D eigenvalue weighted by molar-refractivity contribution is -0.150. The minimum Gasteiger partial charge on any atom is -0.453 e. The first-order chi connectivity index (χ1) is 13.6. The van der Waals surface area contributed by atoms with Crippen molar-refractivity contribution in [3.05, 3.63) is 53.6 Å². The molecule has 1 aliphatic rings. The van der Waals surface area contributed by atoms with Gasteiger partial charge in [-0.25, -0.2) is 0 Å². The summed E-state index contributed by atoms with van der Waals surface area (Å²) in [5.74, 6) is -0.246. The van der Waals surface area contributed by atoms with Crippen molar-refractivity contribution in [1.82, 2.24) is 0 Å². The summed E-state index contributed by atoms with van der Waals surface area (Å²) in [6, 6.07) is 12.8. The third-order valence-corrected chi connectivity index (χ3v) is 5.71. The Balaban J connectivity index is 1.77. The molecule has 3 rings (SSSR count). The van der Waals surface area contributed by atoms with E-state index < -0.39 is 0 Å². The third-order valence-electron chi connectivity index (χ3n) is 5.71. The van der Waals surface area contributed by atoms with Crippen molar-refractivity contribution in [2.24, 2.45) is 5.92 Å². The van der Waals surface area contributed by atoms with E-state index in [2.05, 4.69) is 49.4 Å². The smallest absolute Gasteiger partial charge is 0.309 e. The normalized spacial score (nSPS) is 15.7. The molecule has 0 amide bonds. The molecule has 0 aromatic heterocycles. The van der Waals surface area contributed by atoms with E-state index in [0.717, 1.165) is 12.0 Å². The van der Waals surface area contributed by atoms with Crippen LogP contribution in [0.2, 0.25) is 0 Å². The van der Waals surface area contributed by atoms with Crippen molar-refractivity contribution < 1.29 is 9.53 Å². The largest absolute Gasteiger partial charge is 0.453 e. The predicted octanol–water partition coefficient (Wildman–Crippen LogP) is 7.62. The monoisotopic (exact) mass is 378 g/mol. The zero-order valence-corrected chi connectivity index (χ0v) is 17.7. The van der Waals surface area contributed by atoms with Crippen LogP contribution in [0, 0.1) is 5.92 Å². The summed E-state index contributed by atoms with van der Waals surface area (Å²) in [6.45, 7) is 6.04. The number of unbranched alkanes of at least 4 members (excludes halogenated alkanes) is 6. The fourth-order valence-electron chi connectivity index (χ4n) is 4.09. The van der Waals surface area contributed by atoms with Gasteiger partial charge >= 0.3 is 5.97 Å². The minimum absolute atomic E-state index is 0.114. The molecule has 0 saturated heterocycles. The van der Waals surface area contributed by atoms with Crippen LogP contribution in [-0.2, 0) is 9.53 Å². The Morgan fingerprint density at radius 3 is 2.36 bits per heavy atom. The van der Waals surface area contributed by atoms with Crippen molar-refractivity contribution in [2.45, 2.75) is 78.2 Å². The molecule has 2 nitrogen and oxygen atoms in total. The quantitative estimate of drug-likeness (QED) is 0.314. The van der Waals surface area contributed by atoms with Crippen LogP contribution in [0.3, 0.4) is 0 Å². The molecule has 0 aliphatic heterocycles. The molecule has 0 N–H and O–H groups in total. The first kappa shape index (κ1) is 20.6. The number of rotatable bonds is 10. The number of esters is 1. The SMILES string of the molecule is CCCCCCCCCC1=CC(OC(=O)C(C)C)c2cccc3cccc1c23. The van der Waals surface area contributed by atoms with Gasteiger partial charge in [0.15, 0.2) is 0 Å². The Morgan fingerprint density at radius 1 is 0.964 bits per heavy atom. The zero-order chi connectivity index (χ0) is 19.9. The molecule has 0 radical (unpaired) electrons. The summed E-state index contributed by atoms with van der Waals surface area (Å²) >= 11 is 0. The Morgan fingerprint density at radius 2 is 1.64 bits per heavy atom. The summed E-state index contributed by atoms with van der Waals surface area (Å²) in [7, 11) is 0. The van der Waals surface area contributed by atoms with E-state index >= 15 is 0 Å². The number of benzene rings is 2. The van der Waals surface area contributed by atoms with E-state index in [0.29, 0.717) is 0 Å². The predicted molar refractivity (Wildman–Crippen MR) is 118 cm³/mol. The van der Waals surface area contributed by atoms with Gasteiger partial charge in [-0.1, -0.05) is 95.7 Å². The highest BCUT2D eigenvalue weighted by Gasteiger charge is 2.25. The first-order valence-corrected chi connectivity index (χ1v) is 11.0. The molecule has 0 heterocycles.